The highest BCUT2D eigenvalue weighted by molar-refractivity contribution is 8.01. The Morgan fingerprint density at radius 2 is 1.85 bits per heavy atom. The molecule has 7 heteroatoms. The number of carbonyl (C=O) groups excluding carboxylic acids is 1. The molecule has 0 radical (unpaired) electrons. The number of nitrogens with one attached hydrogen (secondary N) is 1. The Morgan fingerprint density at radius 3 is 2.44 bits per heavy atom. The lowest BCUT2D eigenvalue weighted by molar-refractivity contribution is -0.113. The fraction of sp³-hybridized carbons (Fsp3) is 0.500. The zero-order valence-corrected chi connectivity index (χ0v) is 18.1. The van der Waals surface area contributed by atoms with Crippen LogP contribution in [-0.4, -0.2) is 54.8 Å². The Labute approximate surface area is 170 Å². The second-order valence-corrected chi connectivity index (χ2v) is 10.0. The van der Waals surface area contributed by atoms with Gasteiger partial charge in [-0.25, -0.2) is 4.98 Å². The summed E-state index contributed by atoms with van der Waals surface area (Å²) in [4.78, 5) is 21.6. The van der Waals surface area contributed by atoms with E-state index in [1.165, 1.54) is 17.4 Å². The predicted molar refractivity (Wildman–Crippen MR) is 116 cm³/mol. The van der Waals surface area contributed by atoms with E-state index in [0.717, 1.165) is 41.9 Å². The minimum atomic E-state index is -0.000133. The van der Waals surface area contributed by atoms with Crippen LogP contribution >= 0.6 is 23.1 Å². The number of benzene rings is 1. The summed E-state index contributed by atoms with van der Waals surface area (Å²) < 4.78 is 0.945. The maximum absolute atomic E-state index is 12.2. The van der Waals surface area contributed by atoms with Gasteiger partial charge in [-0.1, -0.05) is 32.5 Å². The topological polar surface area (TPSA) is 48.5 Å². The zero-order chi connectivity index (χ0) is 19.4. The van der Waals surface area contributed by atoms with Gasteiger partial charge in [-0.05, 0) is 31.3 Å². The van der Waals surface area contributed by atoms with Crippen LogP contribution in [0.2, 0.25) is 0 Å². The summed E-state index contributed by atoms with van der Waals surface area (Å²) in [5, 5.41) is 5.06. The van der Waals surface area contributed by atoms with Crippen LogP contribution in [0.3, 0.4) is 0 Å². The third-order valence-electron chi connectivity index (χ3n) is 4.60. The monoisotopic (exact) mass is 404 g/mol. The summed E-state index contributed by atoms with van der Waals surface area (Å²) in [6, 6.07) is 8.14. The van der Waals surface area contributed by atoms with Gasteiger partial charge < -0.3 is 15.1 Å². The van der Waals surface area contributed by atoms with Crippen LogP contribution in [-0.2, 0) is 10.2 Å². The average molecular weight is 405 g/mol. The van der Waals surface area contributed by atoms with Crippen molar-refractivity contribution in [3.05, 3.63) is 35.3 Å². The normalized spacial score (nSPS) is 15.8. The molecule has 3 rings (SSSR count). The lowest BCUT2D eigenvalue weighted by atomic mass is 9.93. The van der Waals surface area contributed by atoms with E-state index in [9.17, 15) is 4.79 Å². The molecule has 1 aliphatic heterocycles. The molecule has 1 aliphatic rings. The molecule has 146 valence electrons. The van der Waals surface area contributed by atoms with Crippen molar-refractivity contribution in [1.29, 1.82) is 0 Å². The second-order valence-electron chi connectivity index (χ2n) is 7.92. The molecule has 2 aromatic rings. The summed E-state index contributed by atoms with van der Waals surface area (Å²) >= 11 is 3.10. The molecule has 0 saturated carbocycles. The van der Waals surface area contributed by atoms with E-state index in [0.29, 0.717) is 5.75 Å². The van der Waals surface area contributed by atoms with E-state index in [-0.39, 0.29) is 11.3 Å². The molecule has 0 bridgehead atoms. The fourth-order valence-electron chi connectivity index (χ4n) is 2.81. The number of thioether (sulfide) groups is 1. The molecular weight excluding hydrogens is 376 g/mol. The number of thiazole rings is 1. The number of carbonyl (C=O) groups is 1. The van der Waals surface area contributed by atoms with Gasteiger partial charge in [-0.2, -0.15) is 0 Å². The van der Waals surface area contributed by atoms with Crippen LogP contribution in [0.4, 0.5) is 11.4 Å². The van der Waals surface area contributed by atoms with Crippen LogP contribution in [0.15, 0.2) is 34.0 Å². The van der Waals surface area contributed by atoms with Gasteiger partial charge in [0.1, 0.15) is 0 Å². The number of rotatable bonds is 5. The largest absolute Gasteiger partial charge is 0.369 e. The van der Waals surface area contributed by atoms with Crippen molar-refractivity contribution in [2.75, 3.05) is 49.2 Å². The van der Waals surface area contributed by atoms with Gasteiger partial charge in [0, 0.05) is 48.3 Å². The smallest absolute Gasteiger partial charge is 0.234 e. The lowest BCUT2D eigenvalue weighted by Gasteiger charge is -2.34. The van der Waals surface area contributed by atoms with E-state index in [1.54, 1.807) is 11.3 Å². The third-order valence-corrected chi connectivity index (χ3v) is 6.62. The average Bonchev–Trinajstić information content (AvgIpc) is 3.11. The quantitative estimate of drug-likeness (QED) is 0.766. The molecule has 5 nitrogen and oxygen atoms in total. The molecule has 0 unspecified atom stereocenters. The van der Waals surface area contributed by atoms with Crippen molar-refractivity contribution in [2.45, 2.75) is 30.5 Å². The van der Waals surface area contributed by atoms with Crippen LogP contribution in [0.25, 0.3) is 0 Å². The molecule has 1 N–H and O–H groups in total. The van der Waals surface area contributed by atoms with Gasteiger partial charge in [-0.3, -0.25) is 4.79 Å². The molecule has 1 aromatic carbocycles. The predicted octanol–water partition coefficient (Wildman–Crippen LogP) is 3.92. The number of hydrogen-bond acceptors (Lipinski definition) is 6. The first-order chi connectivity index (χ1) is 12.8. The lowest BCUT2D eigenvalue weighted by Crippen LogP contribution is -2.44. The van der Waals surface area contributed by atoms with Crippen molar-refractivity contribution < 1.29 is 4.79 Å². The van der Waals surface area contributed by atoms with Gasteiger partial charge in [0.15, 0.2) is 4.34 Å². The van der Waals surface area contributed by atoms with E-state index < -0.39 is 0 Å². The highest BCUT2D eigenvalue weighted by Gasteiger charge is 2.18. The molecule has 1 saturated heterocycles. The van der Waals surface area contributed by atoms with Crippen molar-refractivity contribution in [3.63, 3.8) is 0 Å². The molecule has 1 aromatic heterocycles. The SMILES string of the molecule is CN1CCN(c2ccc(NC(=O)CSc3nc(C(C)(C)C)cs3)cc2)CC1. The summed E-state index contributed by atoms with van der Waals surface area (Å²) in [6.45, 7) is 10.7. The number of hydrogen-bond donors (Lipinski definition) is 1. The highest BCUT2D eigenvalue weighted by Crippen LogP contribution is 2.29. The van der Waals surface area contributed by atoms with E-state index >= 15 is 0 Å². The third kappa shape index (κ3) is 5.70. The minimum absolute atomic E-state index is 0.000133. The van der Waals surface area contributed by atoms with E-state index in [4.69, 9.17) is 0 Å². The fourth-order valence-corrected chi connectivity index (χ4v) is 4.67. The molecule has 0 atom stereocenters. The molecule has 0 aliphatic carbocycles. The van der Waals surface area contributed by atoms with Gasteiger partial charge in [0.2, 0.25) is 5.91 Å². The van der Waals surface area contributed by atoms with Gasteiger partial charge in [0.05, 0.1) is 11.4 Å². The maximum Gasteiger partial charge on any atom is 0.234 e. The zero-order valence-electron chi connectivity index (χ0n) is 16.5. The highest BCUT2D eigenvalue weighted by atomic mass is 32.2. The number of nitrogens with zero attached hydrogens (tertiary/aromatic N) is 3. The molecule has 2 heterocycles. The summed E-state index contributed by atoms with van der Waals surface area (Å²) in [6.07, 6.45) is 0. The number of anilines is 2. The van der Waals surface area contributed by atoms with Crippen LogP contribution in [0.5, 0.6) is 0 Å². The first-order valence-electron chi connectivity index (χ1n) is 9.23. The first kappa shape index (κ1) is 20.2. The number of aromatic nitrogens is 1. The molecule has 0 spiro atoms. The summed E-state index contributed by atoms with van der Waals surface area (Å²) in [7, 11) is 2.16. The standard InChI is InChI=1S/C20H28N4OS2/c1-20(2,3)17-13-26-19(22-17)27-14-18(25)21-15-5-7-16(8-6-15)24-11-9-23(4)10-12-24/h5-8,13H,9-12,14H2,1-4H3,(H,21,25). The van der Waals surface area contributed by atoms with Crippen molar-refractivity contribution in [1.82, 2.24) is 9.88 Å². The molecule has 1 amide bonds. The maximum atomic E-state index is 12.2. The van der Waals surface area contributed by atoms with Crippen molar-refractivity contribution in [3.8, 4) is 0 Å². The summed E-state index contributed by atoms with van der Waals surface area (Å²) in [5.74, 6) is 0.372. The number of piperazine rings is 1. The van der Waals surface area contributed by atoms with Gasteiger partial charge >= 0.3 is 0 Å². The Kier molecular flexibility index (Phi) is 6.44. The minimum Gasteiger partial charge on any atom is -0.369 e. The Balaban J connectivity index is 1.48. The van der Waals surface area contributed by atoms with Crippen molar-refractivity contribution in [2.24, 2.45) is 0 Å². The summed E-state index contributed by atoms with van der Waals surface area (Å²) in [5.41, 5.74) is 3.18. The van der Waals surface area contributed by atoms with Gasteiger partial charge in [-0.15, -0.1) is 11.3 Å². The molecule has 1 fully saturated rings. The molecular formula is C20H28N4OS2. The van der Waals surface area contributed by atoms with Gasteiger partial charge in [0.25, 0.3) is 0 Å². The number of amides is 1. The Bertz CT molecular complexity index is 759. The van der Waals surface area contributed by atoms with E-state index in [1.807, 2.05) is 12.1 Å². The van der Waals surface area contributed by atoms with Crippen LogP contribution < -0.4 is 10.2 Å². The second kappa shape index (κ2) is 8.63. The molecule has 27 heavy (non-hydrogen) atoms. The Hall–Kier alpha value is -1.57. The Morgan fingerprint density at radius 1 is 1.19 bits per heavy atom. The van der Waals surface area contributed by atoms with Crippen LogP contribution in [0.1, 0.15) is 26.5 Å². The van der Waals surface area contributed by atoms with E-state index in [2.05, 4.69) is 65.4 Å². The first-order valence-corrected chi connectivity index (χ1v) is 11.1. The van der Waals surface area contributed by atoms with Crippen molar-refractivity contribution >= 4 is 40.4 Å². The number of likely N-dealkylation sites (N-methyl/N-ethyl adjacent to an activating group) is 1. The van der Waals surface area contributed by atoms with Crippen LogP contribution in [0, 0.1) is 0 Å².